The van der Waals surface area contributed by atoms with Crippen LogP contribution in [0.5, 0.6) is 0 Å². The van der Waals surface area contributed by atoms with Gasteiger partial charge in [-0.1, -0.05) is 19.3 Å². The van der Waals surface area contributed by atoms with Crippen LogP contribution in [-0.2, 0) is 12.1 Å². The number of aromatic amines is 1. The molecule has 1 spiro atoms. The van der Waals surface area contributed by atoms with Gasteiger partial charge in [-0.15, -0.1) is 0 Å². The van der Waals surface area contributed by atoms with Gasteiger partial charge in [-0.3, -0.25) is 4.99 Å². The lowest BCUT2D eigenvalue weighted by Crippen LogP contribution is -2.40. The Bertz CT molecular complexity index is 899. The van der Waals surface area contributed by atoms with Gasteiger partial charge in [-0.25, -0.2) is 4.98 Å². The Hall–Kier alpha value is -2.63. The SMILES string of the molecule is C1=NCc2cc3cnc(Nc4ccc[nH]4)nc3n2C12CCCCC2. The lowest BCUT2D eigenvalue weighted by molar-refractivity contribution is 0.282. The Morgan fingerprint density at radius 2 is 2.12 bits per heavy atom. The number of aliphatic imine (C=N–C) groups is 1. The van der Waals surface area contributed by atoms with Gasteiger partial charge in [0.05, 0.1) is 12.1 Å². The smallest absolute Gasteiger partial charge is 0.230 e. The van der Waals surface area contributed by atoms with Gasteiger partial charge in [0.2, 0.25) is 5.95 Å². The maximum atomic E-state index is 4.83. The monoisotopic (exact) mass is 320 g/mol. The van der Waals surface area contributed by atoms with Crippen molar-refractivity contribution in [3.63, 3.8) is 0 Å². The molecular weight excluding hydrogens is 300 g/mol. The molecule has 2 aliphatic rings. The molecule has 0 radical (unpaired) electrons. The van der Waals surface area contributed by atoms with E-state index in [0.717, 1.165) is 36.2 Å². The Kier molecular flexibility index (Phi) is 2.98. The van der Waals surface area contributed by atoms with E-state index in [4.69, 9.17) is 4.98 Å². The number of aromatic nitrogens is 4. The average Bonchev–Trinajstić information content (AvgIpc) is 3.23. The molecule has 24 heavy (non-hydrogen) atoms. The van der Waals surface area contributed by atoms with Crippen LogP contribution in [0, 0.1) is 0 Å². The Morgan fingerprint density at radius 1 is 1.21 bits per heavy atom. The summed E-state index contributed by atoms with van der Waals surface area (Å²) in [5, 5.41) is 4.33. The van der Waals surface area contributed by atoms with E-state index in [-0.39, 0.29) is 5.54 Å². The van der Waals surface area contributed by atoms with Crippen LogP contribution in [0.15, 0.2) is 35.6 Å². The van der Waals surface area contributed by atoms with Crippen molar-refractivity contribution in [2.24, 2.45) is 4.99 Å². The van der Waals surface area contributed by atoms with Crippen LogP contribution < -0.4 is 5.32 Å². The lowest BCUT2D eigenvalue weighted by atomic mass is 9.81. The van der Waals surface area contributed by atoms with E-state index in [1.54, 1.807) is 0 Å². The Labute approximate surface area is 140 Å². The number of hydrogen-bond donors (Lipinski definition) is 2. The Balaban J connectivity index is 1.63. The van der Waals surface area contributed by atoms with Crippen molar-refractivity contribution in [2.75, 3.05) is 5.32 Å². The summed E-state index contributed by atoms with van der Waals surface area (Å²) in [6.45, 7) is 0.734. The van der Waals surface area contributed by atoms with Crippen molar-refractivity contribution >= 4 is 29.0 Å². The number of fused-ring (bicyclic) bond motifs is 4. The van der Waals surface area contributed by atoms with E-state index in [1.165, 1.54) is 25.0 Å². The first kappa shape index (κ1) is 13.8. The fourth-order valence-electron chi connectivity index (χ4n) is 4.13. The molecular formula is C18H20N6. The topological polar surface area (TPSA) is 70.9 Å². The third kappa shape index (κ3) is 2.06. The zero-order valence-corrected chi connectivity index (χ0v) is 13.5. The van der Waals surface area contributed by atoms with Crippen molar-refractivity contribution in [3.8, 4) is 0 Å². The van der Waals surface area contributed by atoms with E-state index in [0.29, 0.717) is 5.95 Å². The molecule has 0 aromatic carbocycles. The molecule has 0 saturated heterocycles. The Morgan fingerprint density at radius 3 is 2.96 bits per heavy atom. The van der Waals surface area contributed by atoms with Crippen molar-refractivity contribution in [2.45, 2.75) is 44.2 Å². The quantitative estimate of drug-likeness (QED) is 0.755. The first-order valence-electron chi connectivity index (χ1n) is 8.63. The lowest BCUT2D eigenvalue weighted by Gasteiger charge is -2.39. The van der Waals surface area contributed by atoms with Gasteiger partial charge >= 0.3 is 0 Å². The summed E-state index contributed by atoms with van der Waals surface area (Å²) in [6.07, 6.45) is 12.1. The van der Waals surface area contributed by atoms with Crippen LogP contribution in [0.25, 0.3) is 11.0 Å². The van der Waals surface area contributed by atoms with Crippen LogP contribution in [-0.4, -0.2) is 25.7 Å². The van der Waals surface area contributed by atoms with Crippen LogP contribution in [0.4, 0.5) is 11.8 Å². The highest BCUT2D eigenvalue weighted by molar-refractivity contribution is 5.82. The maximum absolute atomic E-state index is 4.83. The van der Waals surface area contributed by atoms with Gasteiger partial charge in [0, 0.05) is 29.7 Å². The summed E-state index contributed by atoms with van der Waals surface area (Å²) in [7, 11) is 0. The zero-order valence-electron chi connectivity index (χ0n) is 13.5. The molecule has 3 aromatic rings. The van der Waals surface area contributed by atoms with E-state index in [9.17, 15) is 0 Å². The summed E-state index contributed by atoms with van der Waals surface area (Å²) >= 11 is 0. The summed E-state index contributed by atoms with van der Waals surface area (Å²) in [5.41, 5.74) is 2.27. The average molecular weight is 320 g/mol. The molecule has 6 heteroatoms. The first-order valence-corrected chi connectivity index (χ1v) is 8.63. The molecule has 2 N–H and O–H groups in total. The van der Waals surface area contributed by atoms with Crippen LogP contribution in [0.3, 0.4) is 0 Å². The number of nitrogens with zero attached hydrogens (tertiary/aromatic N) is 4. The molecule has 1 aliphatic carbocycles. The molecule has 0 atom stereocenters. The summed E-state index contributed by atoms with van der Waals surface area (Å²) < 4.78 is 2.43. The molecule has 0 bridgehead atoms. The van der Waals surface area contributed by atoms with Gasteiger partial charge in [-0.2, -0.15) is 4.98 Å². The fraction of sp³-hybridized carbons (Fsp3) is 0.389. The molecule has 1 aliphatic heterocycles. The van der Waals surface area contributed by atoms with Gasteiger partial charge < -0.3 is 14.9 Å². The second-order valence-corrected chi connectivity index (χ2v) is 6.79. The fourth-order valence-corrected chi connectivity index (χ4v) is 4.13. The number of rotatable bonds is 2. The molecule has 1 saturated carbocycles. The minimum Gasteiger partial charge on any atom is -0.348 e. The number of anilines is 2. The standard InChI is InChI=1S/C18H20N6/c1-2-6-18(7-3-1)12-19-11-14-9-13-10-21-17(23-16(13)24(14)18)22-15-5-4-8-20-15/h4-5,8-10,12,20H,1-3,6-7,11H2,(H,21,22,23). The predicted molar refractivity (Wildman–Crippen MR) is 94.9 cm³/mol. The van der Waals surface area contributed by atoms with Gasteiger partial charge in [-0.05, 0) is 31.0 Å². The molecule has 1 fully saturated rings. The molecule has 4 heterocycles. The minimum absolute atomic E-state index is 0.00559. The highest BCUT2D eigenvalue weighted by Crippen LogP contribution is 2.39. The third-order valence-corrected chi connectivity index (χ3v) is 5.21. The number of hydrogen-bond acceptors (Lipinski definition) is 4. The predicted octanol–water partition coefficient (Wildman–Crippen LogP) is 3.75. The van der Waals surface area contributed by atoms with Gasteiger partial charge in [0.15, 0.2) is 0 Å². The number of nitrogens with one attached hydrogen (secondary N) is 2. The van der Waals surface area contributed by atoms with E-state index in [2.05, 4.69) is 37.1 Å². The normalized spacial score (nSPS) is 18.8. The molecule has 0 unspecified atom stereocenters. The first-order chi connectivity index (χ1) is 11.8. The molecule has 122 valence electrons. The largest absolute Gasteiger partial charge is 0.348 e. The van der Waals surface area contributed by atoms with Crippen LogP contribution in [0.1, 0.15) is 37.8 Å². The van der Waals surface area contributed by atoms with Crippen molar-refractivity contribution < 1.29 is 0 Å². The second kappa shape index (κ2) is 5.19. The minimum atomic E-state index is 0.00559. The second-order valence-electron chi connectivity index (χ2n) is 6.79. The van der Waals surface area contributed by atoms with Crippen LogP contribution in [0.2, 0.25) is 0 Å². The highest BCUT2D eigenvalue weighted by Gasteiger charge is 2.37. The summed E-state index contributed by atoms with van der Waals surface area (Å²) in [4.78, 5) is 17.1. The maximum Gasteiger partial charge on any atom is 0.230 e. The van der Waals surface area contributed by atoms with Crippen molar-refractivity contribution in [3.05, 3.63) is 36.3 Å². The zero-order chi connectivity index (χ0) is 16.0. The van der Waals surface area contributed by atoms with E-state index < -0.39 is 0 Å². The third-order valence-electron chi connectivity index (χ3n) is 5.21. The molecule has 5 rings (SSSR count). The van der Waals surface area contributed by atoms with Gasteiger partial charge in [0.1, 0.15) is 11.5 Å². The molecule has 6 nitrogen and oxygen atoms in total. The molecule has 3 aromatic heterocycles. The van der Waals surface area contributed by atoms with E-state index >= 15 is 0 Å². The summed E-state index contributed by atoms with van der Waals surface area (Å²) in [6, 6.07) is 6.12. The van der Waals surface area contributed by atoms with Gasteiger partial charge in [0.25, 0.3) is 0 Å². The van der Waals surface area contributed by atoms with E-state index in [1.807, 2.05) is 24.5 Å². The highest BCUT2D eigenvalue weighted by atomic mass is 15.2. The van der Waals surface area contributed by atoms with Crippen molar-refractivity contribution in [1.82, 2.24) is 19.5 Å². The summed E-state index contributed by atoms with van der Waals surface area (Å²) in [5.74, 6) is 1.52. The van der Waals surface area contributed by atoms with Crippen LogP contribution >= 0.6 is 0 Å². The molecule has 0 amide bonds. The van der Waals surface area contributed by atoms with Crippen molar-refractivity contribution in [1.29, 1.82) is 0 Å². The number of H-pyrrole nitrogens is 1.